The number of nitrogen functional groups attached to an aromatic ring is 1. The largest absolute Gasteiger partial charge is 0.494 e. The third kappa shape index (κ3) is 2.96. The van der Waals surface area contributed by atoms with Gasteiger partial charge in [-0.3, -0.25) is 0 Å². The number of para-hydroxylation sites is 2. The van der Waals surface area contributed by atoms with Crippen molar-refractivity contribution in [1.29, 1.82) is 0 Å². The molecule has 0 aliphatic heterocycles. The Labute approximate surface area is 112 Å². The highest BCUT2D eigenvalue weighted by Crippen LogP contribution is 2.24. The molecule has 102 valence electrons. The normalized spacial score (nSPS) is 11.4. The van der Waals surface area contributed by atoms with Gasteiger partial charge in [0.05, 0.1) is 7.11 Å². The quantitative estimate of drug-likeness (QED) is 0.884. The first-order chi connectivity index (χ1) is 8.90. The number of hydrogen-bond donors (Lipinski definition) is 2. The van der Waals surface area contributed by atoms with Crippen LogP contribution in [0.3, 0.4) is 0 Å². The van der Waals surface area contributed by atoms with Gasteiger partial charge in [-0.2, -0.15) is 9.67 Å². The molecule has 2 aromatic rings. The second kappa shape index (κ2) is 4.79. The van der Waals surface area contributed by atoms with Crippen LogP contribution in [0.4, 0.5) is 11.9 Å². The summed E-state index contributed by atoms with van der Waals surface area (Å²) in [5, 5.41) is 7.55. The van der Waals surface area contributed by atoms with Crippen molar-refractivity contribution in [1.82, 2.24) is 14.8 Å². The molecule has 0 aliphatic carbocycles. The molecule has 0 unspecified atom stereocenters. The molecule has 19 heavy (non-hydrogen) atoms. The summed E-state index contributed by atoms with van der Waals surface area (Å²) >= 11 is 0. The summed E-state index contributed by atoms with van der Waals surface area (Å²) in [6.45, 7) is 6.10. The minimum atomic E-state index is -0.126. The fraction of sp³-hybridized carbons (Fsp3) is 0.385. The van der Waals surface area contributed by atoms with E-state index < -0.39 is 0 Å². The van der Waals surface area contributed by atoms with Crippen LogP contribution in [0.15, 0.2) is 24.3 Å². The lowest BCUT2D eigenvalue weighted by molar-refractivity contribution is 0.412. The summed E-state index contributed by atoms with van der Waals surface area (Å²) in [7, 11) is 1.61. The molecule has 0 spiro atoms. The zero-order chi connectivity index (χ0) is 14.0. The molecule has 1 heterocycles. The van der Waals surface area contributed by atoms with Crippen LogP contribution in [0.1, 0.15) is 20.8 Å². The Morgan fingerprint density at radius 1 is 1.26 bits per heavy atom. The maximum atomic E-state index is 5.91. The Hall–Kier alpha value is -2.24. The molecule has 0 saturated heterocycles. The molecule has 6 nitrogen and oxygen atoms in total. The maximum Gasteiger partial charge on any atom is 0.244 e. The Kier molecular flexibility index (Phi) is 3.33. The first-order valence-electron chi connectivity index (χ1n) is 6.05. The summed E-state index contributed by atoms with van der Waals surface area (Å²) in [6, 6.07) is 7.53. The van der Waals surface area contributed by atoms with E-state index in [4.69, 9.17) is 10.5 Å². The summed E-state index contributed by atoms with van der Waals surface area (Å²) in [6.07, 6.45) is 0. The third-order valence-electron chi connectivity index (χ3n) is 2.43. The number of benzene rings is 1. The van der Waals surface area contributed by atoms with Gasteiger partial charge < -0.3 is 15.8 Å². The van der Waals surface area contributed by atoms with Gasteiger partial charge in [-0.05, 0) is 32.9 Å². The van der Waals surface area contributed by atoms with Crippen LogP contribution in [-0.4, -0.2) is 27.4 Å². The summed E-state index contributed by atoms with van der Waals surface area (Å²) in [5.41, 5.74) is 6.55. The molecular formula is C13H19N5O. The van der Waals surface area contributed by atoms with Gasteiger partial charge in [0.1, 0.15) is 11.4 Å². The van der Waals surface area contributed by atoms with E-state index in [0.29, 0.717) is 17.6 Å². The topological polar surface area (TPSA) is 78.0 Å². The minimum Gasteiger partial charge on any atom is -0.494 e. The van der Waals surface area contributed by atoms with E-state index in [2.05, 4.69) is 15.4 Å². The Bertz CT molecular complexity index is 571. The first kappa shape index (κ1) is 13.2. The average Bonchev–Trinajstić information content (AvgIpc) is 2.67. The molecule has 1 aromatic heterocycles. The Balaban J connectivity index is 2.40. The number of rotatable bonds is 3. The summed E-state index contributed by atoms with van der Waals surface area (Å²) in [5.74, 6) is 1.51. The van der Waals surface area contributed by atoms with Gasteiger partial charge in [-0.1, -0.05) is 12.1 Å². The fourth-order valence-corrected chi connectivity index (χ4v) is 1.69. The standard InChI is InChI=1S/C13H19N5O/c1-13(2,3)16-12-15-11(14)18(17-12)9-7-5-6-8-10(9)19-4/h5-8H,1-4H3,(H3,14,15,16,17). The molecule has 3 N–H and O–H groups in total. The van der Waals surface area contributed by atoms with Gasteiger partial charge in [0, 0.05) is 5.54 Å². The number of nitrogens with two attached hydrogens (primary N) is 1. The first-order valence-corrected chi connectivity index (χ1v) is 6.05. The van der Waals surface area contributed by atoms with Crippen molar-refractivity contribution in [3.63, 3.8) is 0 Å². The highest BCUT2D eigenvalue weighted by molar-refractivity contribution is 5.50. The molecule has 0 amide bonds. The van der Waals surface area contributed by atoms with Crippen molar-refractivity contribution >= 4 is 11.9 Å². The Morgan fingerprint density at radius 2 is 1.95 bits per heavy atom. The van der Waals surface area contributed by atoms with Crippen molar-refractivity contribution < 1.29 is 4.74 Å². The number of anilines is 2. The Morgan fingerprint density at radius 3 is 2.58 bits per heavy atom. The van der Waals surface area contributed by atoms with Crippen LogP contribution >= 0.6 is 0 Å². The summed E-state index contributed by atoms with van der Waals surface area (Å²) in [4.78, 5) is 4.21. The van der Waals surface area contributed by atoms with Crippen LogP contribution in [0, 0.1) is 0 Å². The van der Waals surface area contributed by atoms with Gasteiger partial charge >= 0.3 is 0 Å². The second-order valence-electron chi connectivity index (χ2n) is 5.25. The van der Waals surface area contributed by atoms with Crippen LogP contribution < -0.4 is 15.8 Å². The lowest BCUT2D eigenvalue weighted by Crippen LogP contribution is -2.26. The van der Waals surface area contributed by atoms with Crippen molar-refractivity contribution in [3.8, 4) is 11.4 Å². The predicted molar refractivity (Wildman–Crippen MR) is 75.7 cm³/mol. The van der Waals surface area contributed by atoms with Crippen molar-refractivity contribution in [3.05, 3.63) is 24.3 Å². The monoisotopic (exact) mass is 261 g/mol. The number of methoxy groups -OCH3 is 1. The van der Waals surface area contributed by atoms with E-state index >= 15 is 0 Å². The van der Waals surface area contributed by atoms with E-state index in [-0.39, 0.29) is 5.54 Å². The van der Waals surface area contributed by atoms with Gasteiger partial charge in [0.2, 0.25) is 11.9 Å². The van der Waals surface area contributed by atoms with Crippen molar-refractivity contribution in [2.45, 2.75) is 26.3 Å². The lowest BCUT2D eigenvalue weighted by Gasteiger charge is -2.18. The zero-order valence-electron chi connectivity index (χ0n) is 11.6. The van der Waals surface area contributed by atoms with E-state index in [9.17, 15) is 0 Å². The SMILES string of the molecule is COc1ccccc1-n1nc(NC(C)(C)C)nc1N. The van der Waals surface area contributed by atoms with Gasteiger partial charge in [0.25, 0.3) is 0 Å². The van der Waals surface area contributed by atoms with Crippen molar-refractivity contribution in [2.24, 2.45) is 0 Å². The molecular weight excluding hydrogens is 242 g/mol. The minimum absolute atomic E-state index is 0.126. The molecule has 1 aromatic carbocycles. The highest BCUT2D eigenvalue weighted by Gasteiger charge is 2.16. The smallest absolute Gasteiger partial charge is 0.244 e. The van der Waals surface area contributed by atoms with Gasteiger partial charge in [-0.25, -0.2) is 0 Å². The second-order valence-corrected chi connectivity index (χ2v) is 5.25. The number of aromatic nitrogens is 3. The van der Waals surface area contributed by atoms with Crippen LogP contribution in [-0.2, 0) is 0 Å². The van der Waals surface area contributed by atoms with Gasteiger partial charge in [0.15, 0.2) is 0 Å². The molecule has 0 aliphatic rings. The van der Waals surface area contributed by atoms with Crippen LogP contribution in [0.2, 0.25) is 0 Å². The van der Waals surface area contributed by atoms with E-state index in [1.807, 2.05) is 45.0 Å². The molecule has 2 rings (SSSR count). The van der Waals surface area contributed by atoms with Crippen LogP contribution in [0.5, 0.6) is 5.75 Å². The molecule has 0 atom stereocenters. The fourth-order valence-electron chi connectivity index (χ4n) is 1.69. The van der Waals surface area contributed by atoms with E-state index in [1.54, 1.807) is 11.8 Å². The van der Waals surface area contributed by atoms with E-state index in [1.165, 1.54) is 0 Å². The number of nitrogens with one attached hydrogen (secondary N) is 1. The zero-order valence-corrected chi connectivity index (χ0v) is 11.6. The summed E-state index contributed by atoms with van der Waals surface area (Å²) < 4.78 is 6.86. The molecule has 0 radical (unpaired) electrons. The molecule has 0 saturated carbocycles. The number of ether oxygens (including phenoxy) is 1. The lowest BCUT2D eigenvalue weighted by atomic mass is 10.1. The number of hydrogen-bond acceptors (Lipinski definition) is 5. The predicted octanol–water partition coefficient (Wildman–Crippen LogP) is 2.07. The molecule has 0 bridgehead atoms. The molecule has 0 fully saturated rings. The average molecular weight is 261 g/mol. The number of nitrogens with zero attached hydrogens (tertiary/aromatic N) is 3. The maximum absolute atomic E-state index is 5.91. The van der Waals surface area contributed by atoms with Crippen molar-refractivity contribution in [2.75, 3.05) is 18.2 Å². The van der Waals surface area contributed by atoms with Crippen LogP contribution in [0.25, 0.3) is 5.69 Å². The third-order valence-corrected chi connectivity index (χ3v) is 2.43. The highest BCUT2D eigenvalue weighted by atomic mass is 16.5. The van der Waals surface area contributed by atoms with Gasteiger partial charge in [-0.15, -0.1) is 5.10 Å². The molecule has 6 heteroatoms. The van der Waals surface area contributed by atoms with E-state index in [0.717, 1.165) is 5.69 Å².